The zero-order valence-electron chi connectivity index (χ0n) is 10.0. The fraction of sp³-hybridized carbons (Fsp3) is 0.0714. The van der Waals surface area contributed by atoms with E-state index in [0.717, 1.165) is 10.0 Å². The Morgan fingerprint density at radius 1 is 1.21 bits per heavy atom. The summed E-state index contributed by atoms with van der Waals surface area (Å²) in [5.41, 5.74) is 1.57. The summed E-state index contributed by atoms with van der Waals surface area (Å²) in [4.78, 5) is 12.0. The van der Waals surface area contributed by atoms with Crippen LogP contribution < -0.4 is 5.32 Å². The second-order valence-electron chi connectivity index (χ2n) is 4.01. The fourth-order valence-corrected chi connectivity index (χ4v) is 2.48. The highest BCUT2D eigenvalue weighted by Crippen LogP contribution is 2.23. The first-order valence-corrected chi connectivity index (χ1v) is 7.09. The lowest BCUT2D eigenvalue weighted by Crippen LogP contribution is -2.14. The maximum absolute atomic E-state index is 13.8. The SMILES string of the molecule is Cc1cc(Br)ccc1NC(=O)c1cccc(Br)c1F. The average molecular weight is 387 g/mol. The molecule has 0 unspecified atom stereocenters. The molecular formula is C14H10Br2FNO. The number of anilines is 1. The van der Waals surface area contributed by atoms with Gasteiger partial charge in [-0.05, 0) is 58.7 Å². The van der Waals surface area contributed by atoms with Gasteiger partial charge in [0.1, 0.15) is 5.82 Å². The molecule has 0 radical (unpaired) electrons. The molecule has 1 amide bonds. The number of amides is 1. The van der Waals surface area contributed by atoms with Gasteiger partial charge in [-0.1, -0.05) is 22.0 Å². The number of carbonyl (C=O) groups excluding carboxylic acids is 1. The van der Waals surface area contributed by atoms with Gasteiger partial charge in [0.2, 0.25) is 0 Å². The standard InChI is InChI=1S/C14H10Br2FNO/c1-8-7-9(15)5-6-12(8)18-14(19)10-3-2-4-11(16)13(10)17/h2-7H,1H3,(H,18,19). The van der Waals surface area contributed by atoms with Crippen molar-refractivity contribution in [3.8, 4) is 0 Å². The molecular weight excluding hydrogens is 377 g/mol. The first-order chi connectivity index (χ1) is 8.99. The molecule has 2 nitrogen and oxygen atoms in total. The normalized spacial score (nSPS) is 10.3. The lowest BCUT2D eigenvalue weighted by atomic mass is 10.1. The molecule has 5 heteroatoms. The molecule has 0 fully saturated rings. The molecule has 0 spiro atoms. The van der Waals surface area contributed by atoms with Gasteiger partial charge in [0, 0.05) is 10.2 Å². The molecule has 2 aromatic carbocycles. The van der Waals surface area contributed by atoms with Crippen LogP contribution in [0.5, 0.6) is 0 Å². The third kappa shape index (κ3) is 3.22. The Kier molecular flexibility index (Phi) is 4.37. The van der Waals surface area contributed by atoms with Crippen LogP contribution in [0.2, 0.25) is 0 Å². The van der Waals surface area contributed by atoms with Gasteiger partial charge < -0.3 is 5.32 Å². The third-order valence-electron chi connectivity index (χ3n) is 2.63. The zero-order chi connectivity index (χ0) is 14.0. The number of aryl methyl sites for hydroxylation is 1. The Hall–Kier alpha value is -1.20. The van der Waals surface area contributed by atoms with E-state index in [-0.39, 0.29) is 10.0 Å². The number of rotatable bonds is 2. The summed E-state index contributed by atoms with van der Waals surface area (Å²) in [7, 11) is 0. The highest BCUT2D eigenvalue weighted by Gasteiger charge is 2.14. The number of hydrogen-bond donors (Lipinski definition) is 1. The van der Waals surface area contributed by atoms with Crippen LogP contribution in [0.1, 0.15) is 15.9 Å². The van der Waals surface area contributed by atoms with Gasteiger partial charge in [-0.15, -0.1) is 0 Å². The van der Waals surface area contributed by atoms with Crippen LogP contribution in [0, 0.1) is 12.7 Å². The second-order valence-corrected chi connectivity index (χ2v) is 5.78. The number of carbonyl (C=O) groups is 1. The molecule has 98 valence electrons. The van der Waals surface area contributed by atoms with Crippen LogP contribution >= 0.6 is 31.9 Å². The highest BCUT2D eigenvalue weighted by atomic mass is 79.9. The predicted molar refractivity (Wildman–Crippen MR) is 80.9 cm³/mol. The van der Waals surface area contributed by atoms with E-state index in [1.807, 2.05) is 19.1 Å². The summed E-state index contributed by atoms with van der Waals surface area (Å²) in [5.74, 6) is -1.03. The van der Waals surface area contributed by atoms with Gasteiger partial charge in [-0.2, -0.15) is 0 Å². The van der Waals surface area contributed by atoms with Gasteiger partial charge in [-0.3, -0.25) is 4.79 Å². The minimum absolute atomic E-state index is 0.0108. The molecule has 0 saturated carbocycles. The maximum Gasteiger partial charge on any atom is 0.258 e. The fourth-order valence-electron chi connectivity index (χ4n) is 1.64. The van der Waals surface area contributed by atoms with Crippen molar-refractivity contribution in [3.05, 3.63) is 62.3 Å². The van der Waals surface area contributed by atoms with Gasteiger partial charge in [-0.25, -0.2) is 4.39 Å². The van der Waals surface area contributed by atoms with Crippen molar-refractivity contribution in [2.24, 2.45) is 0 Å². The molecule has 1 N–H and O–H groups in total. The highest BCUT2D eigenvalue weighted by molar-refractivity contribution is 9.10. The van der Waals surface area contributed by atoms with E-state index in [2.05, 4.69) is 37.2 Å². The molecule has 0 atom stereocenters. The summed E-state index contributed by atoms with van der Waals surface area (Å²) in [6.45, 7) is 1.87. The molecule has 19 heavy (non-hydrogen) atoms. The van der Waals surface area contributed by atoms with Crippen molar-refractivity contribution in [2.75, 3.05) is 5.32 Å². The van der Waals surface area contributed by atoms with Crippen LogP contribution in [0.4, 0.5) is 10.1 Å². The quantitative estimate of drug-likeness (QED) is 0.780. The minimum atomic E-state index is -0.560. The Labute approximate surface area is 127 Å². The van der Waals surface area contributed by atoms with Gasteiger partial charge >= 0.3 is 0 Å². The number of halogens is 3. The Morgan fingerprint density at radius 3 is 2.63 bits per heavy atom. The second kappa shape index (κ2) is 5.84. The van der Waals surface area contributed by atoms with Gasteiger partial charge in [0.05, 0.1) is 10.0 Å². The maximum atomic E-state index is 13.8. The van der Waals surface area contributed by atoms with Crippen LogP contribution in [-0.4, -0.2) is 5.91 Å². The molecule has 0 aliphatic heterocycles. The summed E-state index contributed by atoms with van der Waals surface area (Å²) < 4.78 is 15.0. The molecule has 0 aliphatic rings. The van der Waals surface area contributed by atoms with Crippen molar-refractivity contribution < 1.29 is 9.18 Å². The van der Waals surface area contributed by atoms with E-state index >= 15 is 0 Å². The Morgan fingerprint density at radius 2 is 1.95 bits per heavy atom. The monoisotopic (exact) mass is 385 g/mol. The van der Waals surface area contributed by atoms with E-state index in [9.17, 15) is 9.18 Å². The van der Waals surface area contributed by atoms with Crippen molar-refractivity contribution in [1.82, 2.24) is 0 Å². The van der Waals surface area contributed by atoms with E-state index in [1.54, 1.807) is 18.2 Å². The Balaban J connectivity index is 2.28. The first kappa shape index (κ1) is 14.2. The van der Waals surface area contributed by atoms with Crippen LogP contribution in [-0.2, 0) is 0 Å². The molecule has 0 bridgehead atoms. The zero-order valence-corrected chi connectivity index (χ0v) is 13.2. The number of nitrogens with one attached hydrogen (secondary N) is 1. The largest absolute Gasteiger partial charge is 0.322 e. The summed E-state index contributed by atoms with van der Waals surface area (Å²) in [5, 5.41) is 2.70. The topological polar surface area (TPSA) is 29.1 Å². The van der Waals surface area contributed by atoms with E-state index in [0.29, 0.717) is 5.69 Å². The number of hydrogen-bond acceptors (Lipinski definition) is 1. The number of benzene rings is 2. The van der Waals surface area contributed by atoms with E-state index < -0.39 is 11.7 Å². The lowest BCUT2D eigenvalue weighted by Gasteiger charge is -2.09. The molecule has 0 saturated heterocycles. The molecule has 0 aromatic heterocycles. The summed E-state index contributed by atoms with van der Waals surface area (Å²) in [6.07, 6.45) is 0. The molecule has 0 heterocycles. The van der Waals surface area contributed by atoms with Crippen LogP contribution in [0.3, 0.4) is 0 Å². The molecule has 0 aliphatic carbocycles. The van der Waals surface area contributed by atoms with Crippen LogP contribution in [0.15, 0.2) is 45.3 Å². The lowest BCUT2D eigenvalue weighted by molar-refractivity contribution is 0.102. The van der Waals surface area contributed by atoms with E-state index in [1.165, 1.54) is 6.07 Å². The van der Waals surface area contributed by atoms with Crippen molar-refractivity contribution in [1.29, 1.82) is 0 Å². The van der Waals surface area contributed by atoms with Gasteiger partial charge in [0.15, 0.2) is 0 Å². The Bertz CT molecular complexity index is 643. The minimum Gasteiger partial charge on any atom is -0.322 e. The molecule has 2 rings (SSSR count). The predicted octanol–water partition coefficient (Wildman–Crippen LogP) is 4.91. The smallest absolute Gasteiger partial charge is 0.258 e. The van der Waals surface area contributed by atoms with Crippen molar-refractivity contribution >= 4 is 43.5 Å². The van der Waals surface area contributed by atoms with Crippen LogP contribution in [0.25, 0.3) is 0 Å². The third-order valence-corrected chi connectivity index (χ3v) is 3.74. The summed E-state index contributed by atoms with van der Waals surface area (Å²) >= 11 is 6.41. The van der Waals surface area contributed by atoms with Crippen molar-refractivity contribution in [3.63, 3.8) is 0 Å². The average Bonchev–Trinajstić information content (AvgIpc) is 2.36. The summed E-state index contributed by atoms with van der Waals surface area (Å²) in [6, 6.07) is 10.1. The van der Waals surface area contributed by atoms with Gasteiger partial charge in [0.25, 0.3) is 5.91 Å². The van der Waals surface area contributed by atoms with Crippen molar-refractivity contribution in [2.45, 2.75) is 6.92 Å². The molecule has 2 aromatic rings. The van der Waals surface area contributed by atoms with E-state index in [4.69, 9.17) is 0 Å². The first-order valence-electron chi connectivity index (χ1n) is 5.50.